The van der Waals surface area contributed by atoms with E-state index in [1.807, 2.05) is 12.1 Å². The van der Waals surface area contributed by atoms with Crippen LogP contribution in [0, 0.1) is 10.1 Å². The quantitative estimate of drug-likeness (QED) is 0.352. The molecule has 0 aliphatic heterocycles. The molecule has 0 bridgehead atoms. The van der Waals surface area contributed by atoms with E-state index in [1.54, 1.807) is 12.1 Å². The molecule has 52 valence electrons. The minimum absolute atomic E-state index is 0.479. The van der Waals surface area contributed by atoms with Crippen molar-refractivity contribution in [1.82, 2.24) is 0 Å². The van der Waals surface area contributed by atoms with Gasteiger partial charge in [-0.15, -0.1) is 17.7 Å². The van der Waals surface area contributed by atoms with Crippen molar-refractivity contribution in [3.63, 3.8) is 0 Å². The highest BCUT2D eigenvalue weighted by atomic mass is 16.6. The standard InChI is InChI=1S/C7H6NO2/c9-8(10)6-5-7-3-1-2-4-7/h1-6H/q-1. The Morgan fingerprint density at radius 2 is 2.00 bits per heavy atom. The van der Waals surface area contributed by atoms with Crippen LogP contribution in [0.15, 0.2) is 30.5 Å². The molecule has 0 aromatic heterocycles. The largest absolute Gasteiger partial charge is 0.268 e. The summed E-state index contributed by atoms with van der Waals surface area (Å²) >= 11 is 0. The van der Waals surface area contributed by atoms with Gasteiger partial charge in [-0.25, -0.2) is 0 Å². The molecule has 0 fully saturated rings. The summed E-state index contributed by atoms with van der Waals surface area (Å²) in [6.45, 7) is 0. The molecule has 0 aliphatic carbocycles. The van der Waals surface area contributed by atoms with Gasteiger partial charge in [0.15, 0.2) is 6.20 Å². The second kappa shape index (κ2) is 2.87. The molecule has 0 radical (unpaired) electrons. The minimum Gasteiger partial charge on any atom is -0.268 e. The molecule has 3 heteroatoms. The van der Waals surface area contributed by atoms with Crippen LogP contribution < -0.4 is 0 Å². The van der Waals surface area contributed by atoms with Gasteiger partial charge in [-0.3, -0.25) is 10.1 Å². The van der Waals surface area contributed by atoms with E-state index >= 15 is 0 Å². The van der Waals surface area contributed by atoms with Crippen LogP contribution in [-0.4, -0.2) is 4.92 Å². The van der Waals surface area contributed by atoms with Crippen molar-refractivity contribution in [2.45, 2.75) is 0 Å². The summed E-state index contributed by atoms with van der Waals surface area (Å²) in [5.41, 5.74) is 0.858. The number of nitrogens with zero attached hydrogens (tertiary/aromatic N) is 1. The van der Waals surface area contributed by atoms with Gasteiger partial charge in [0, 0.05) is 4.92 Å². The van der Waals surface area contributed by atoms with Gasteiger partial charge in [-0.1, -0.05) is 6.08 Å². The second-order valence-corrected chi connectivity index (χ2v) is 1.82. The van der Waals surface area contributed by atoms with Crippen molar-refractivity contribution in [3.8, 4) is 0 Å². The van der Waals surface area contributed by atoms with Crippen molar-refractivity contribution in [2.75, 3.05) is 0 Å². The molecular weight excluding hydrogens is 130 g/mol. The highest BCUT2D eigenvalue weighted by Gasteiger charge is 1.79. The van der Waals surface area contributed by atoms with Crippen LogP contribution in [0.3, 0.4) is 0 Å². The van der Waals surface area contributed by atoms with Crippen molar-refractivity contribution < 1.29 is 4.92 Å². The normalized spacial score (nSPS) is 10.4. The average Bonchev–Trinajstić information content (AvgIpc) is 2.34. The zero-order valence-electron chi connectivity index (χ0n) is 5.23. The fraction of sp³-hybridized carbons (Fsp3) is 0. The fourth-order valence-electron chi connectivity index (χ4n) is 0.647. The van der Waals surface area contributed by atoms with Crippen LogP contribution >= 0.6 is 0 Å². The third-order valence-corrected chi connectivity index (χ3v) is 1.08. The lowest BCUT2D eigenvalue weighted by Crippen LogP contribution is -1.80. The second-order valence-electron chi connectivity index (χ2n) is 1.82. The summed E-state index contributed by atoms with van der Waals surface area (Å²) < 4.78 is 0. The fourth-order valence-corrected chi connectivity index (χ4v) is 0.647. The number of nitro groups is 1. The smallest absolute Gasteiger partial charge is 0.166 e. The third-order valence-electron chi connectivity index (χ3n) is 1.08. The van der Waals surface area contributed by atoms with Gasteiger partial charge in [0.2, 0.25) is 0 Å². The van der Waals surface area contributed by atoms with Crippen LogP contribution in [0.5, 0.6) is 0 Å². The molecule has 1 aromatic carbocycles. The lowest BCUT2D eigenvalue weighted by Gasteiger charge is -1.85. The van der Waals surface area contributed by atoms with Gasteiger partial charge in [0.25, 0.3) is 0 Å². The van der Waals surface area contributed by atoms with E-state index < -0.39 is 4.92 Å². The van der Waals surface area contributed by atoms with E-state index in [9.17, 15) is 10.1 Å². The minimum atomic E-state index is -0.479. The molecular formula is C7H6NO2-. The number of hydrogen-bond acceptors (Lipinski definition) is 2. The van der Waals surface area contributed by atoms with Gasteiger partial charge < -0.3 is 0 Å². The van der Waals surface area contributed by atoms with Crippen molar-refractivity contribution in [3.05, 3.63) is 46.1 Å². The SMILES string of the molecule is O=[N+]([O-])C=C[c-]1cccc1. The maximum Gasteiger partial charge on any atom is 0.166 e. The monoisotopic (exact) mass is 136 g/mol. The Morgan fingerprint density at radius 3 is 2.50 bits per heavy atom. The van der Waals surface area contributed by atoms with Crippen molar-refractivity contribution >= 4 is 6.08 Å². The summed E-state index contributed by atoms with van der Waals surface area (Å²) in [7, 11) is 0. The molecule has 1 rings (SSSR count). The third kappa shape index (κ3) is 1.78. The van der Waals surface area contributed by atoms with Crippen LogP contribution in [0.2, 0.25) is 0 Å². The molecule has 0 aliphatic rings. The van der Waals surface area contributed by atoms with E-state index in [0.717, 1.165) is 11.8 Å². The van der Waals surface area contributed by atoms with E-state index in [2.05, 4.69) is 0 Å². The van der Waals surface area contributed by atoms with Crippen molar-refractivity contribution in [1.29, 1.82) is 0 Å². The van der Waals surface area contributed by atoms with Gasteiger partial charge in [-0.2, -0.15) is 12.1 Å². The molecule has 0 atom stereocenters. The molecule has 0 saturated carbocycles. The summed E-state index contributed by atoms with van der Waals surface area (Å²) in [6.07, 6.45) is 2.38. The predicted molar refractivity (Wildman–Crippen MR) is 38.1 cm³/mol. The number of hydrogen-bond donors (Lipinski definition) is 0. The zero-order valence-corrected chi connectivity index (χ0v) is 5.23. The summed E-state index contributed by atoms with van der Waals surface area (Å²) in [6, 6.07) is 7.28. The van der Waals surface area contributed by atoms with E-state index in [4.69, 9.17) is 0 Å². The van der Waals surface area contributed by atoms with Gasteiger partial charge >= 0.3 is 0 Å². The van der Waals surface area contributed by atoms with Crippen LogP contribution in [-0.2, 0) is 0 Å². The maximum atomic E-state index is 9.81. The molecule has 10 heavy (non-hydrogen) atoms. The van der Waals surface area contributed by atoms with Gasteiger partial charge in [-0.05, 0) is 0 Å². The lowest BCUT2D eigenvalue weighted by molar-refractivity contribution is -0.400. The highest BCUT2D eigenvalue weighted by Crippen LogP contribution is 2.01. The molecule has 1 aromatic rings. The first-order valence-corrected chi connectivity index (χ1v) is 2.82. The van der Waals surface area contributed by atoms with E-state index in [0.29, 0.717) is 0 Å². The van der Waals surface area contributed by atoms with E-state index in [1.165, 1.54) is 6.08 Å². The van der Waals surface area contributed by atoms with Gasteiger partial charge in [0.05, 0.1) is 0 Å². The zero-order chi connectivity index (χ0) is 7.40. The lowest BCUT2D eigenvalue weighted by atomic mass is 10.3. The summed E-state index contributed by atoms with van der Waals surface area (Å²) in [4.78, 5) is 9.33. The Bertz CT molecular complexity index is 236. The summed E-state index contributed by atoms with van der Waals surface area (Å²) in [5, 5.41) is 9.81. The Morgan fingerprint density at radius 1 is 1.40 bits per heavy atom. The van der Waals surface area contributed by atoms with Gasteiger partial charge in [0.1, 0.15) is 0 Å². The average molecular weight is 136 g/mol. The Hall–Kier alpha value is -1.51. The highest BCUT2D eigenvalue weighted by molar-refractivity contribution is 5.48. The van der Waals surface area contributed by atoms with Crippen LogP contribution in [0.25, 0.3) is 6.08 Å². The molecule has 0 N–H and O–H groups in total. The maximum absolute atomic E-state index is 9.81. The first-order chi connectivity index (χ1) is 4.79. The number of rotatable bonds is 2. The Balaban J connectivity index is 2.64. The topological polar surface area (TPSA) is 43.1 Å². The molecule has 0 spiro atoms. The first-order valence-electron chi connectivity index (χ1n) is 2.82. The molecule has 0 heterocycles. The van der Waals surface area contributed by atoms with Crippen molar-refractivity contribution in [2.24, 2.45) is 0 Å². The Kier molecular flexibility index (Phi) is 1.89. The summed E-state index contributed by atoms with van der Waals surface area (Å²) in [5.74, 6) is 0. The predicted octanol–water partition coefficient (Wildman–Crippen LogP) is 1.65. The first kappa shape index (κ1) is 6.61. The van der Waals surface area contributed by atoms with Crippen LogP contribution in [0.1, 0.15) is 5.56 Å². The molecule has 0 saturated heterocycles. The van der Waals surface area contributed by atoms with E-state index in [-0.39, 0.29) is 0 Å². The Labute approximate surface area is 58.1 Å². The molecule has 3 nitrogen and oxygen atoms in total. The molecule has 0 unspecified atom stereocenters. The van der Waals surface area contributed by atoms with Crippen LogP contribution in [0.4, 0.5) is 0 Å². The molecule has 0 amide bonds.